The summed E-state index contributed by atoms with van der Waals surface area (Å²) >= 11 is 1.88. The Bertz CT molecular complexity index is 342. The van der Waals surface area contributed by atoms with E-state index in [-0.39, 0.29) is 0 Å². The molecule has 0 bridgehead atoms. The summed E-state index contributed by atoms with van der Waals surface area (Å²) in [5, 5.41) is 8.98. The standard InChI is InChI=1S/C9H9F3INO/c10-9(11,12)8(15)7(14)5-3-1-2-4-6(5)13/h1-4,7-8,15H,14H2/t7-,8-/m0/s1. The molecule has 0 spiro atoms. The third-order valence-corrected chi connectivity index (χ3v) is 2.92. The summed E-state index contributed by atoms with van der Waals surface area (Å²) in [6.07, 6.45) is -7.23. The maximum Gasteiger partial charge on any atom is 0.416 e. The molecular weight excluding hydrogens is 322 g/mol. The smallest absolute Gasteiger partial charge is 0.382 e. The largest absolute Gasteiger partial charge is 0.416 e. The summed E-state index contributed by atoms with van der Waals surface area (Å²) in [4.78, 5) is 0. The summed E-state index contributed by atoms with van der Waals surface area (Å²) in [6.45, 7) is 0. The van der Waals surface area contributed by atoms with E-state index in [0.717, 1.165) is 0 Å². The lowest BCUT2D eigenvalue weighted by molar-refractivity contribution is -0.210. The van der Waals surface area contributed by atoms with Crippen LogP contribution in [0.1, 0.15) is 11.6 Å². The van der Waals surface area contributed by atoms with Gasteiger partial charge in [0.25, 0.3) is 0 Å². The highest BCUT2D eigenvalue weighted by Crippen LogP contribution is 2.30. The first-order chi connectivity index (χ1) is 6.84. The van der Waals surface area contributed by atoms with Gasteiger partial charge in [-0.15, -0.1) is 0 Å². The molecule has 84 valence electrons. The van der Waals surface area contributed by atoms with Crippen molar-refractivity contribution in [3.05, 3.63) is 33.4 Å². The van der Waals surface area contributed by atoms with Gasteiger partial charge in [0.15, 0.2) is 6.10 Å². The summed E-state index contributed by atoms with van der Waals surface area (Å²) in [5.74, 6) is 0. The molecule has 0 saturated carbocycles. The number of alkyl halides is 3. The van der Waals surface area contributed by atoms with Gasteiger partial charge in [0.2, 0.25) is 0 Å². The van der Waals surface area contributed by atoms with Crippen LogP contribution < -0.4 is 5.73 Å². The number of aliphatic hydroxyl groups excluding tert-OH is 1. The van der Waals surface area contributed by atoms with Crippen molar-refractivity contribution in [2.45, 2.75) is 18.3 Å². The summed E-state index contributed by atoms with van der Waals surface area (Å²) in [7, 11) is 0. The van der Waals surface area contributed by atoms with Crippen LogP contribution in [0.3, 0.4) is 0 Å². The van der Waals surface area contributed by atoms with Gasteiger partial charge in [-0.3, -0.25) is 0 Å². The van der Waals surface area contributed by atoms with Gasteiger partial charge in [-0.25, -0.2) is 0 Å². The topological polar surface area (TPSA) is 46.2 Å². The van der Waals surface area contributed by atoms with Gasteiger partial charge in [-0.2, -0.15) is 13.2 Å². The molecule has 1 aromatic rings. The molecule has 0 aromatic heterocycles. The van der Waals surface area contributed by atoms with Crippen LogP contribution in [0.2, 0.25) is 0 Å². The zero-order chi connectivity index (χ0) is 11.6. The van der Waals surface area contributed by atoms with Crippen LogP contribution in [-0.2, 0) is 0 Å². The summed E-state index contributed by atoms with van der Waals surface area (Å²) in [5.41, 5.74) is 5.65. The first-order valence-electron chi connectivity index (χ1n) is 4.09. The van der Waals surface area contributed by atoms with Gasteiger partial charge in [-0.05, 0) is 34.2 Å². The van der Waals surface area contributed by atoms with E-state index < -0.39 is 18.3 Å². The second kappa shape index (κ2) is 4.67. The van der Waals surface area contributed by atoms with Crippen LogP contribution in [0.4, 0.5) is 13.2 Å². The Hall–Kier alpha value is -0.340. The van der Waals surface area contributed by atoms with E-state index in [4.69, 9.17) is 10.8 Å². The number of benzene rings is 1. The maximum atomic E-state index is 12.2. The fourth-order valence-electron chi connectivity index (χ4n) is 1.12. The Morgan fingerprint density at radius 2 is 1.80 bits per heavy atom. The van der Waals surface area contributed by atoms with E-state index in [1.807, 2.05) is 22.6 Å². The van der Waals surface area contributed by atoms with Gasteiger partial charge < -0.3 is 10.8 Å². The highest BCUT2D eigenvalue weighted by Gasteiger charge is 2.43. The zero-order valence-electron chi connectivity index (χ0n) is 7.50. The number of halogens is 4. The molecule has 1 rings (SSSR count). The van der Waals surface area contributed by atoms with E-state index in [0.29, 0.717) is 9.13 Å². The van der Waals surface area contributed by atoms with Gasteiger partial charge in [-0.1, -0.05) is 18.2 Å². The predicted octanol–water partition coefficient (Wildman–Crippen LogP) is 2.21. The normalized spacial score (nSPS) is 16.1. The lowest BCUT2D eigenvalue weighted by atomic mass is 10.0. The minimum atomic E-state index is -4.70. The van der Waals surface area contributed by atoms with Gasteiger partial charge in [0.1, 0.15) is 0 Å². The highest BCUT2D eigenvalue weighted by atomic mass is 127. The Balaban J connectivity index is 2.95. The van der Waals surface area contributed by atoms with Crippen molar-refractivity contribution in [3.8, 4) is 0 Å². The molecule has 0 saturated heterocycles. The number of rotatable bonds is 2. The number of hydrogen-bond acceptors (Lipinski definition) is 2. The van der Waals surface area contributed by atoms with Crippen LogP contribution in [0.25, 0.3) is 0 Å². The first kappa shape index (κ1) is 12.7. The van der Waals surface area contributed by atoms with Crippen molar-refractivity contribution >= 4 is 22.6 Å². The number of hydrogen-bond donors (Lipinski definition) is 2. The predicted molar refractivity (Wildman–Crippen MR) is 58.1 cm³/mol. The quantitative estimate of drug-likeness (QED) is 0.817. The van der Waals surface area contributed by atoms with E-state index in [9.17, 15) is 13.2 Å². The van der Waals surface area contributed by atoms with E-state index in [1.165, 1.54) is 6.07 Å². The molecule has 2 atom stereocenters. The van der Waals surface area contributed by atoms with Crippen LogP contribution in [0.5, 0.6) is 0 Å². The van der Waals surface area contributed by atoms with Gasteiger partial charge in [0.05, 0.1) is 6.04 Å². The van der Waals surface area contributed by atoms with Crippen LogP contribution >= 0.6 is 22.6 Å². The van der Waals surface area contributed by atoms with Crippen molar-refractivity contribution in [1.29, 1.82) is 0 Å². The molecular formula is C9H9F3INO. The van der Waals surface area contributed by atoms with Crippen molar-refractivity contribution in [2.24, 2.45) is 5.73 Å². The lowest BCUT2D eigenvalue weighted by Crippen LogP contribution is -2.39. The molecule has 0 heterocycles. The molecule has 0 fully saturated rings. The monoisotopic (exact) mass is 331 g/mol. The number of nitrogens with two attached hydrogens (primary N) is 1. The first-order valence-corrected chi connectivity index (χ1v) is 5.16. The van der Waals surface area contributed by atoms with E-state index in [1.54, 1.807) is 18.2 Å². The Kier molecular flexibility index (Phi) is 3.96. The molecule has 0 radical (unpaired) electrons. The minimum Gasteiger partial charge on any atom is -0.382 e. The average Bonchev–Trinajstić information content (AvgIpc) is 2.15. The molecule has 1 aromatic carbocycles. The highest BCUT2D eigenvalue weighted by molar-refractivity contribution is 14.1. The molecule has 15 heavy (non-hydrogen) atoms. The van der Waals surface area contributed by atoms with E-state index >= 15 is 0 Å². The van der Waals surface area contributed by atoms with Gasteiger partial charge in [0, 0.05) is 3.57 Å². The van der Waals surface area contributed by atoms with Crippen molar-refractivity contribution in [3.63, 3.8) is 0 Å². The Morgan fingerprint density at radius 3 is 2.27 bits per heavy atom. The Labute approximate surface area is 98.4 Å². The third kappa shape index (κ3) is 3.05. The minimum absolute atomic E-state index is 0.294. The fourth-order valence-corrected chi connectivity index (χ4v) is 1.87. The molecule has 0 aliphatic heterocycles. The third-order valence-electron chi connectivity index (χ3n) is 1.94. The van der Waals surface area contributed by atoms with E-state index in [2.05, 4.69) is 0 Å². The van der Waals surface area contributed by atoms with Crippen molar-refractivity contribution in [2.75, 3.05) is 0 Å². The molecule has 3 N–H and O–H groups in total. The average molecular weight is 331 g/mol. The maximum absolute atomic E-state index is 12.2. The van der Waals surface area contributed by atoms with Crippen LogP contribution in [0, 0.1) is 3.57 Å². The van der Waals surface area contributed by atoms with Gasteiger partial charge >= 0.3 is 6.18 Å². The Morgan fingerprint density at radius 1 is 1.27 bits per heavy atom. The van der Waals surface area contributed by atoms with Crippen LogP contribution in [-0.4, -0.2) is 17.4 Å². The number of aliphatic hydroxyl groups is 1. The SMILES string of the molecule is N[C@@H](c1ccccc1I)[C@H](O)C(F)(F)F. The molecule has 0 aliphatic rings. The van der Waals surface area contributed by atoms with Crippen molar-refractivity contribution in [1.82, 2.24) is 0 Å². The second-order valence-corrected chi connectivity index (χ2v) is 4.20. The molecule has 0 aliphatic carbocycles. The lowest BCUT2D eigenvalue weighted by Gasteiger charge is -2.22. The van der Waals surface area contributed by atoms with Crippen LogP contribution in [0.15, 0.2) is 24.3 Å². The fraction of sp³-hybridized carbons (Fsp3) is 0.333. The molecule has 0 amide bonds. The summed E-state index contributed by atoms with van der Waals surface area (Å²) in [6, 6.07) is 4.94. The molecule has 6 heteroatoms. The summed E-state index contributed by atoms with van der Waals surface area (Å²) < 4.78 is 37.2. The second-order valence-electron chi connectivity index (χ2n) is 3.03. The zero-order valence-corrected chi connectivity index (χ0v) is 9.66. The molecule has 0 unspecified atom stereocenters. The van der Waals surface area contributed by atoms with Crippen molar-refractivity contribution < 1.29 is 18.3 Å². The molecule has 2 nitrogen and oxygen atoms in total.